The number of anilines is 2. The molecule has 1 heterocycles. The molecule has 5 nitrogen and oxygen atoms in total. The Hall–Kier alpha value is -2.18. The van der Waals surface area contributed by atoms with E-state index in [1.807, 2.05) is 18.2 Å². The van der Waals surface area contributed by atoms with Crippen molar-refractivity contribution in [2.45, 2.75) is 0 Å². The van der Waals surface area contributed by atoms with Crippen LogP contribution in [0.2, 0.25) is 0 Å². The van der Waals surface area contributed by atoms with Crippen LogP contribution in [0.15, 0.2) is 53.3 Å². The lowest BCUT2D eigenvalue weighted by Gasteiger charge is -2.09. The van der Waals surface area contributed by atoms with Crippen LogP contribution >= 0.6 is 28.3 Å². The summed E-state index contributed by atoms with van der Waals surface area (Å²) in [6.45, 7) is 0. The van der Waals surface area contributed by atoms with Gasteiger partial charge in [0, 0.05) is 15.5 Å². The maximum atomic E-state index is 11.0. The van der Waals surface area contributed by atoms with Gasteiger partial charge in [0.05, 0.1) is 11.1 Å². The molecule has 2 N–H and O–H groups in total. The highest BCUT2D eigenvalue weighted by atomic mass is 79.9. The van der Waals surface area contributed by atoms with Crippen LogP contribution in [0.25, 0.3) is 10.9 Å². The van der Waals surface area contributed by atoms with Gasteiger partial charge >= 0.3 is 5.97 Å². The Morgan fingerprint density at radius 2 is 1.95 bits per heavy atom. The molecule has 22 heavy (non-hydrogen) atoms. The summed E-state index contributed by atoms with van der Waals surface area (Å²) in [7, 11) is 0. The molecule has 0 spiro atoms. The zero-order valence-electron chi connectivity index (χ0n) is 11.2. The van der Waals surface area contributed by atoms with Crippen LogP contribution < -0.4 is 5.32 Å². The van der Waals surface area contributed by atoms with Gasteiger partial charge in [-0.15, -0.1) is 12.4 Å². The molecule has 0 aliphatic rings. The summed E-state index contributed by atoms with van der Waals surface area (Å²) in [4.78, 5) is 19.4. The lowest BCUT2D eigenvalue weighted by Crippen LogP contribution is -1.99. The Kier molecular flexibility index (Phi) is 4.95. The predicted molar refractivity (Wildman–Crippen MR) is 91.2 cm³/mol. The van der Waals surface area contributed by atoms with E-state index in [-0.39, 0.29) is 18.0 Å². The molecule has 1 aromatic heterocycles. The lowest BCUT2D eigenvalue weighted by molar-refractivity contribution is 0.0697. The van der Waals surface area contributed by atoms with Gasteiger partial charge in [-0.05, 0) is 36.4 Å². The van der Waals surface area contributed by atoms with Gasteiger partial charge in [-0.25, -0.2) is 14.8 Å². The topological polar surface area (TPSA) is 75.1 Å². The normalized spacial score (nSPS) is 10.0. The molecule has 0 saturated heterocycles. The molecule has 0 aliphatic heterocycles. The minimum absolute atomic E-state index is 0. The Morgan fingerprint density at radius 1 is 1.14 bits per heavy atom. The van der Waals surface area contributed by atoms with Crippen LogP contribution in [0.4, 0.5) is 11.5 Å². The van der Waals surface area contributed by atoms with Gasteiger partial charge in [0.1, 0.15) is 12.1 Å². The molecule has 0 saturated carbocycles. The first kappa shape index (κ1) is 16.2. The number of nitrogens with one attached hydrogen (secondary N) is 1. The number of aromatic nitrogens is 2. The molecule has 3 aromatic rings. The minimum Gasteiger partial charge on any atom is -0.478 e. The fourth-order valence-corrected chi connectivity index (χ4v) is 2.36. The Morgan fingerprint density at radius 3 is 2.73 bits per heavy atom. The number of carboxylic acid groups (broad SMARTS) is 1. The van der Waals surface area contributed by atoms with E-state index in [4.69, 9.17) is 5.11 Å². The largest absolute Gasteiger partial charge is 0.478 e. The monoisotopic (exact) mass is 379 g/mol. The van der Waals surface area contributed by atoms with Gasteiger partial charge in [-0.1, -0.05) is 22.0 Å². The van der Waals surface area contributed by atoms with Crippen LogP contribution in [-0.4, -0.2) is 21.0 Å². The summed E-state index contributed by atoms with van der Waals surface area (Å²) in [5.41, 5.74) is 1.69. The quantitative estimate of drug-likeness (QED) is 0.710. The number of fused-ring (bicyclic) bond motifs is 1. The highest BCUT2D eigenvalue weighted by Crippen LogP contribution is 2.26. The van der Waals surface area contributed by atoms with Crippen molar-refractivity contribution in [2.75, 3.05) is 5.32 Å². The van der Waals surface area contributed by atoms with Gasteiger partial charge < -0.3 is 10.4 Å². The molecule has 0 aliphatic carbocycles. The molecule has 2 aromatic carbocycles. The summed E-state index contributed by atoms with van der Waals surface area (Å²) in [5.74, 6) is -0.335. The van der Waals surface area contributed by atoms with E-state index in [0.717, 1.165) is 15.4 Å². The molecular weight excluding hydrogens is 370 g/mol. The van der Waals surface area contributed by atoms with Crippen molar-refractivity contribution in [1.82, 2.24) is 9.97 Å². The Balaban J connectivity index is 0.00000176. The van der Waals surface area contributed by atoms with Crippen LogP contribution in [-0.2, 0) is 0 Å². The van der Waals surface area contributed by atoms with Gasteiger partial charge in [0.2, 0.25) is 0 Å². The molecular formula is C15H11BrClN3O2. The average Bonchev–Trinajstić information content (AvgIpc) is 2.48. The van der Waals surface area contributed by atoms with Crippen molar-refractivity contribution in [3.05, 3.63) is 58.8 Å². The van der Waals surface area contributed by atoms with Crippen LogP contribution in [0.5, 0.6) is 0 Å². The number of nitrogens with zero attached hydrogens (tertiary/aromatic N) is 2. The summed E-state index contributed by atoms with van der Waals surface area (Å²) in [6, 6.07) is 12.3. The van der Waals surface area contributed by atoms with E-state index < -0.39 is 5.97 Å². The number of carbonyl (C=O) groups is 1. The van der Waals surface area contributed by atoms with E-state index in [9.17, 15) is 4.79 Å². The molecule has 0 unspecified atom stereocenters. The number of aromatic carboxylic acids is 1. The maximum Gasteiger partial charge on any atom is 0.335 e. The summed E-state index contributed by atoms with van der Waals surface area (Å²) in [5, 5.41) is 13.0. The second kappa shape index (κ2) is 6.72. The number of halogens is 2. The first-order valence-corrected chi connectivity index (χ1v) is 6.93. The number of hydrogen-bond acceptors (Lipinski definition) is 4. The summed E-state index contributed by atoms with van der Waals surface area (Å²) < 4.78 is 0.923. The second-order valence-corrected chi connectivity index (χ2v) is 5.31. The van der Waals surface area contributed by atoms with Crippen molar-refractivity contribution in [2.24, 2.45) is 0 Å². The van der Waals surface area contributed by atoms with Crippen LogP contribution in [0.3, 0.4) is 0 Å². The third-order valence-corrected chi connectivity index (χ3v) is 3.46. The summed E-state index contributed by atoms with van der Waals surface area (Å²) in [6.07, 6.45) is 1.47. The molecule has 7 heteroatoms. The van der Waals surface area contributed by atoms with E-state index in [2.05, 4.69) is 31.2 Å². The first-order chi connectivity index (χ1) is 10.1. The van der Waals surface area contributed by atoms with E-state index in [0.29, 0.717) is 11.5 Å². The van der Waals surface area contributed by atoms with Crippen molar-refractivity contribution < 1.29 is 9.90 Å². The molecule has 0 amide bonds. The van der Waals surface area contributed by atoms with Crippen LogP contribution in [0.1, 0.15) is 10.4 Å². The third-order valence-electron chi connectivity index (χ3n) is 2.97. The Labute approximate surface area is 141 Å². The highest BCUT2D eigenvalue weighted by Gasteiger charge is 2.07. The third kappa shape index (κ3) is 3.35. The fraction of sp³-hybridized carbons (Fsp3) is 0. The molecule has 0 atom stereocenters. The molecule has 112 valence electrons. The standard InChI is InChI=1S/C15H10BrN3O2.ClH/c16-10-4-5-13-12(7-10)14(18-8-17-13)19-11-3-1-2-9(6-11)15(20)21;/h1-8H,(H,20,21)(H,17,18,19);1H. The lowest BCUT2D eigenvalue weighted by atomic mass is 10.2. The molecule has 0 fully saturated rings. The number of rotatable bonds is 3. The van der Waals surface area contributed by atoms with E-state index >= 15 is 0 Å². The van der Waals surface area contributed by atoms with Crippen molar-refractivity contribution in [1.29, 1.82) is 0 Å². The second-order valence-electron chi connectivity index (χ2n) is 4.39. The fourth-order valence-electron chi connectivity index (χ4n) is 2.00. The SMILES string of the molecule is Cl.O=C(O)c1cccc(Nc2ncnc3ccc(Br)cc23)c1. The number of hydrogen-bond donors (Lipinski definition) is 2. The zero-order valence-corrected chi connectivity index (χ0v) is 13.6. The van der Waals surface area contributed by atoms with Crippen molar-refractivity contribution >= 4 is 56.7 Å². The minimum atomic E-state index is -0.964. The molecule has 0 bridgehead atoms. The first-order valence-electron chi connectivity index (χ1n) is 6.14. The van der Waals surface area contributed by atoms with E-state index in [1.165, 1.54) is 6.33 Å². The van der Waals surface area contributed by atoms with E-state index in [1.54, 1.807) is 24.3 Å². The van der Waals surface area contributed by atoms with Crippen LogP contribution in [0, 0.1) is 0 Å². The van der Waals surface area contributed by atoms with Gasteiger partial charge in [-0.3, -0.25) is 0 Å². The smallest absolute Gasteiger partial charge is 0.335 e. The van der Waals surface area contributed by atoms with Gasteiger partial charge in [-0.2, -0.15) is 0 Å². The molecule has 0 radical (unpaired) electrons. The Bertz CT molecular complexity index is 842. The van der Waals surface area contributed by atoms with Gasteiger partial charge in [0.15, 0.2) is 0 Å². The van der Waals surface area contributed by atoms with Crippen molar-refractivity contribution in [3.63, 3.8) is 0 Å². The number of carboxylic acids is 1. The summed E-state index contributed by atoms with van der Waals surface area (Å²) >= 11 is 3.42. The number of benzene rings is 2. The average molecular weight is 381 g/mol. The zero-order chi connectivity index (χ0) is 14.8. The van der Waals surface area contributed by atoms with Crippen molar-refractivity contribution in [3.8, 4) is 0 Å². The van der Waals surface area contributed by atoms with Gasteiger partial charge in [0.25, 0.3) is 0 Å². The predicted octanol–water partition coefficient (Wildman–Crippen LogP) is 4.26. The molecule has 3 rings (SSSR count). The maximum absolute atomic E-state index is 11.0. The highest BCUT2D eigenvalue weighted by molar-refractivity contribution is 9.10.